The highest BCUT2D eigenvalue weighted by Gasteiger charge is 2.29. The third-order valence-corrected chi connectivity index (χ3v) is 4.22. The van der Waals surface area contributed by atoms with Gasteiger partial charge in [-0.15, -0.1) is 0 Å². The number of carbonyl (C=O) groups excluding carboxylic acids is 1. The number of rotatable bonds is 4. The fourth-order valence-electron chi connectivity index (χ4n) is 3.09. The highest BCUT2D eigenvalue weighted by atomic mass is 16.4. The molecule has 1 aromatic heterocycles. The topological polar surface area (TPSA) is 70.8 Å². The predicted octanol–water partition coefficient (Wildman–Crippen LogP) is 3.29. The number of likely N-dealkylation sites (tertiary alicyclic amines) is 1. The molecule has 3 rings (SSSR count). The van der Waals surface area contributed by atoms with E-state index in [0.29, 0.717) is 24.3 Å². The standard InChI is InChI=1S/C17H19NO4/c19-16(20)9-8-13-6-3-4-10-18(13)17(21)15-11-12-5-1-2-7-14(12)22-15/h1-2,5,7,11,13H,3-4,6,8-10H2,(H,19,20)/t13-/m0/s1. The highest BCUT2D eigenvalue weighted by molar-refractivity contribution is 5.96. The van der Waals surface area contributed by atoms with Crippen molar-refractivity contribution in [2.45, 2.75) is 38.1 Å². The maximum atomic E-state index is 12.7. The first-order valence-electron chi connectivity index (χ1n) is 7.66. The van der Waals surface area contributed by atoms with Crippen LogP contribution in [0.1, 0.15) is 42.7 Å². The zero-order chi connectivity index (χ0) is 15.5. The van der Waals surface area contributed by atoms with Gasteiger partial charge in [0.1, 0.15) is 5.58 Å². The van der Waals surface area contributed by atoms with Crippen molar-refractivity contribution in [3.63, 3.8) is 0 Å². The second-order valence-electron chi connectivity index (χ2n) is 5.73. The smallest absolute Gasteiger partial charge is 0.303 e. The summed E-state index contributed by atoms with van der Waals surface area (Å²) in [7, 11) is 0. The molecule has 0 saturated carbocycles. The Morgan fingerprint density at radius 3 is 2.86 bits per heavy atom. The Labute approximate surface area is 128 Å². The summed E-state index contributed by atoms with van der Waals surface area (Å²) in [5.41, 5.74) is 0.699. The van der Waals surface area contributed by atoms with Crippen molar-refractivity contribution in [3.05, 3.63) is 36.1 Å². The van der Waals surface area contributed by atoms with Gasteiger partial charge < -0.3 is 14.4 Å². The number of hydrogen-bond donors (Lipinski definition) is 1. The van der Waals surface area contributed by atoms with Crippen LogP contribution in [0.2, 0.25) is 0 Å². The van der Waals surface area contributed by atoms with Crippen LogP contribution in [-0.4, -0.2) is 34.5 Å². The molecule has 1 amide bonds. The van der Waals surface area contributed by atoms with E-state index < -0.39 is 5.97 Å². The van der Waals surface area contributed by atoms with Crippen LogP contribution in [0, 0.1) is 0 Å². The number of carboxylic acid groups (broad SMARTS) is 1. The minimum Gasteiger partial charge on any atom is -0.481 e. The number of aliphatic carboxylic acids is 1. The van der Waals surface area contributed by atoms with E-state index in [9.17, 15) is 9.59 Å². The lowest BCUT2D eigenvalue weighted by Crippen LogP contribution is -2.43. The summed E-state index contributed by atoms with van der Waals surface area (Å²) in [6, 6.07) is 9.28. The molecule has 1 aliphatic heterocycles. The molecule has 2 heterocycles. The van der Waals surface area contributed by atoms with E-state index in [2.05, 4.69) is 0 Å². The summed E-state index contributed by atoms with van der Waals surface area (Å²) < 4.78 is 5.65. The minimum atomic E-state index is -0.818. The summed E-state index contributed by atoms with van der Waals surface area (Å²) in [5, 5.41) is 9.77. The molecule has 0 unspecified atom stereocenters. The van der Waals surface area contributed by atoms with Crippen molar-refractivity contribution in [3.8, 4) is 0 Å². The van der Waals surface area contributed by atoms with Crippen LogP contribution in [0.4, 0.5) is 0 Å². The average Bonchev–Trinajstić information content (AvgIpc) is 2.96. The largest absolute Gasteiger partial charge is 0.481 e. The van der Waals surface area contributed by atoms with Gasteiger partial charge in [-0.1, -0.05) is 18.2 Å². The highest BCUT2D eigenvalue weighted by Crippen LogP contribution is 2.26. The number of amides is 1. The van der Waals surface area contributed by atoms with Crippen LogP contribution < -0.4 is 0 Å². The van der Waals surface area contributed by atoms with E-state index in [1.54, 1.807) is 11.0 Å². The lowest BCUT2D eigenvalue weighted by atomic mass is 9.97. The molecule has 1 fully saturated rings. The molecule has 5 heteroatoms. The van der Waals surface area contributed by atoms with Crippen LogP contribution in [0.15, 0.2) is 34.7 Å². The van der Waals surface area contributed by atoms with Gasteiger partial charge in [0.15, 0.2) is 5.76 Å². The zero-order valence-electron chi connectivity index (χ0n) is 12.3. The zero-order valence-corrected chi connectivity index (χ0v) is 12.3. The van der Waals surface area contributed by atoms with Gasteiger partial charge in [-0.3, -0.25) is 9.59 Å². The van der Waals surface area contributed by atoms with Gasteiger partial charge >= 0.3 is 5.97 Å². The Kier molecular flexibility index (Phi) is 4.13. The van der Waals surface area contributed by atoms with E-state index in [1.165, 1.54) is 0 Å². The second-order valence-corrected chi connectivity index (χ2v) is 5.73. The number of benzene rings is 1. The summed E-state index contributed by atoms with van der Waals surface area (Å²) in [5.74, 6) is -0.614. The van der Waals surface area contributed by atoms with Gasteiger partial charge in [0.05, 0.1) is 0 Å². The van der Waals surface area contributed by atoms with Crippen molar-refractivity contribution in [2.24, 2.45) is 0 Å². The van der Waals surface area contributed by atoms with Gasteiger partial charge in [0, 0.05) is 24.4 Å². The summed E-state index contributed by atoms with van der Waals surface area (Å²) in [6.07, 6.45) is 3.44. The molecule has 1 atom stereocenters. The molecule has 0 spiro atoms. The van der Waals surface area contributed by atoms with Gasteiger partial charge in [-0.25, -0.2) is 0 Å². The van der Waals surface area contributed by atoms with Gasteiger partial charge in [-0.2, -0.15) is 0 Å². The molecular weight excluding hydrogens is 282 g/mol. The lowest BCUT2D eigenvalue weighted by Gasteiger charge is -2.35. The maximum absolute atomic E-state index is 12.7. The van der Waals surface area contributed by atoms with E-state index in [1.807, 2.05) is 24.3 Å². The second kappa shape index (κ2) is 6.22. The van der Waals surface area contributed by atoms with Gasteiger partial charge in [0.2, 0.25) is 0 Å². The quantitative estimate of drug-likeness (QED) is 0.940. The fourth-order valence-corrected chi connectivity index (χ4v) is 3.09. The molecular formula is C17H19NO4. The monoisotopic (exact) mass is 301 g/mol. The number of piperidine rings is 1. The molecule has 1 aliphatic rings. The van der Waals surface area contributed by atoms with Crippen LogP contribution in [-0.2, 0) is 4.79 Å². The Bertz CT molecular complexity index is 658. The molecule has 0 bridgehead atoms. The number of carboxylic acids is 1. The molecule has 116 valence electrons. The molecule has 1 aromatic carbocycles. The molecule has 22 heavy (non-hydrogen) atoms. The summed E-state index contributed by atoms with van der Waals surface area (Å²) in [6.45, 7) is 0.667. The van der Waals surface area contributed by atoms with E-state index >= 15 is 0 Å². The third-order valence-electron chi connectivity index (χ3n) is 4.22. The number of carbonyl (C=O) groups is 2. The van der Waals surface area contributed by atoms with E-state index in [4.69, 9.17) is 9.52 Å². The first-order chi connectivity index (χ1) is 10.6. The molecule has 5 nitrogen and oxygen atoms in total. The van der Waals surface area contributed by atoms with Crippen molar-refractivity contribution < 1.29 is 19.1 Å². The third kappa shape index (κ3) is 2.98. The number of furan rings is 1. The van der Waals surface area contributed by atoms with Gasteiger partial charge in [-0.05, 0) is 37.8 Å². The number of hydrogen-bond acceptors (Lipinski definition) is 3. The fraction of sp³-hybridized carbons (Fsp3) is 0.412. The first kappa shape index (κ1) is 14.6. The molecule has 2 aromatic rings. The molecule has 0 radical (unpaired) electrons. The summed E-state index contributed by atoms with van der Waals surface area (Å²) in [4.78, 5) is 25.3. The minimum absolute atomic E-state index is 0.00874. The Morgan fingerprint density at radius 2 is 2.09 bits per heavy atom. The van der Waals surface area contributed by atoms with Crippen LogP contribution in [0.25, 0.3) is 11.0 Å². The Morgan fingerprint density at radius 1 is 1.27 bits per heavy atom. The normalized spacial score (nSPS) is 18.5. The van der Waals surface area contributed by atoms with Crippen molar-refractivity contribution in [1.82, 2.24) is 4.90 Å². The summed E-state index contributed by atoms with van der Waals surface area (Å²) >= 11 is 0. The number of nitrogens with zero attached hydrogens (tertiary/aromatic N) is 1. The van der Waals surface area contributed by atoms with E-state index in [-0.39, 0.29) is 18.4 Å². The molecule has 1 N–H and O–H groups in total. The van der Waals surface area contributed by atoms with Crippen LogP contribution in [0.5, 0.6) is 0 Å². The lowest BCUT2D eigenvalue weighted by molar-refractivity contribution is -0.137. The van der Waals surface area contributed by atoms with Crippen molar-refractivity contribution >= 4 is 22.8 Å². The Balaban J connectivity index is 1.80. The van der Waals surface area contributed by atoms with Gasteiger partial charge in [0.25, 0.3) is 5.91 Å². The Hall–Kier alpha value is -2.30. The maximum Gasteiger partial charge on any atom is 0.303 e. The predicted molar refractivity (Wildman–Crippen MR) is 81.8 cm³/mol. The van der Waals surface area contributed by atoms with Crippen LogP contribution in [0.3, 0.4) is 0 Å². The molecule has 1 saturated heterocycles. The SMILES string of the molecule is O=C(O)CC[C@@H]1CCCCN1C(=O)c1cc2ccccc2o1. The first-order valence-corrected chi connectivity index (χ1v) is 7.66. The number of fused-ring (bicyclic) bond motifs is 1. The van der Waals surface area contributed by atoms with Crippen molar-refractivity contribution in [1.29, 1.82) is 0 Å². The molecule has 0 aliphatic carbocycles. The number of para-hydroxylation sites is 1. The average molecular weight is 301 g/mol. The van der Waals surface area contributed by atoms with E-state index in [0.717, 1.165) is 24.6 Å². The van der Waals surface area contributed by atoms with Crippen LogP contribution >= 0.6 is 0 Å². The van der Waals surface area contributed by atoms with Crippen molar-refractivity contribution in [2.75, 3.05) is 6.54 Å².